The van der Waals surface area contributed by atoms with Crippen LogP contribution in [-0.2, 0) is 125 Å². The normalized spacial score (nSPS) is 15.7. The first kappa shape index (κ1) is 132. The summed E-state index contributed by atoms with van der Waals surface area (Å²) in [5.41, 5.74) is 43.8. The minimum Gasteiger partial charge on any atom is -0.481 e. The molecule has 0 saturated carbocycles. The molecule has 1 aliphatic heterocycles. The van der Waals surface area contributed by atoms with Crippen molar-refractivity contribution in [3.05, 3.63) is 0 Å². The molecule has 60 nitrogen and oxygen atoms in total. The average molecular weight is 2120 g/mol. The molecule has 0 spiro atoms. The molecule has 1 saturated heterocycles. The number of unbranched alkanes of at least 4 members (excludes halogenated alkanes) is 1. The summed E-state index contributed by atoms with van der Waals surface area (Å²) in [6.45, 7) is 15.9. The summed E-state index contributed by atoms with van der Waals surface area (Å²) in [5.74, 6) is -31.3. The van der Waals surface area contributed by atoms with E-state index in [1.807, 2.05) is 0 Å². The van der Waals surface area contributed by atoms with Gasteiger partial charge in [-0.1, -0.05) is 61.8 Å². The second kappa shape index (κ2) is 67.5. The van der Waals surface area contributed by atoms with Gasteiger partial charge in [-0.2, -0.15) is 0 Å². The molecule has 1 fully saturated rings. The van der Waals surface area contributed by atoms with E-state index in [0.29, 0.717) is 0 Å². The summed E-state index contributed by atoms with van der Waals surface area (Å²) < 4.78 is 0. The first-order valence-electron chi connectivity index (χ1n) is 48.7. The van der Waals surface area contributed by atoms with Crippen molar-refractivity contribution >= 4 is 166 Å². The van der Waals surface area contributed by atoms with Gasteiger partial charge in [-0.05, 0) is 148 Å². The highest BCUT2D eigenvalue weighted by molar-refractivity contribution is 6.03. The van der Waals surface area contributed by atoms with Crippen LogP contribution in [0.5, 0.6) is 0 Å². The third kappa shape index (κ3) is 52.0. The van der Waals surface area contributed by atoms with Crippen LogP contribution in [0.2, 0.25) is 0 Å². The lowest BCUT2D eigenvalue weighted by atomic mass is 9.96. The SMILES string of the molecule is CC[C@H](C)[C@H](NC(=O)[C@H](CC(C)C)NC(=O)[C@H](CCCNC(=N)N)NC(=O)[C@H](C)NC(=O)[C@H](CC(N)=O)NC(=O)[C@@H]1CCCN1C(=O)CNC(=O)[C@H](CCC(N)=O)NC(=O)[C@@H](N)CC(=O)O)C(=O)N[C@@H](CCC(=O)O)C(=O)N[C@@H](C)C(=O)N[C@@H](CCCCN)C(=O)N[C@@H](CC(N)=O)C(=O)N[C@@H](C)C(=O)NCC(=O)N[C@@H](CC(C)C)C(=O)N[C@@H](CCC(N)=O)C(=O)N[C@H](C(=O)N[C@@H](C)C(=O)N[C@@H](CCCNC(=N)N)C(=O)O)C(C)C. The van der Waals surface area contributed by atoms with Crippen molar-refractivity contribution < 1.29 is 140 Å². The maximum absolute atomic E-state index is 14.7. The van der Waals surface area contributed by atoms with E-state index in [9.17, 15) is 135 Å². The largest absolute Gasteiger partial charge is 0.481 e. The van der Waals surface area contributed by atoms with E-state index < -0.39 is 357 Å². The van der Waals surface area contributed by atoms with Gasteiger partial charge in [0.15, 0.2) is 11.9 Å². The molecule has 0 unspecified atom stereocenters. The number of amides is 23. The number of likely N-dealkylation sites (tertiary alicyclic amines) is 1. The number of nitrogens with two attached hydrogens (primary N) is 8. The fourth-order valence-electron chi connectivity index (χ4n) is 14.6. The van der Waals surface area contributed by atoms with Crippen LogP contribution in [0.15, 0.2) is 0 Å². The Kier molecular flexibility index (Phi) is 59.6. The van der Waals surface area contributed by atoms with Crippen LogP contribution >= 0.6 is 0 Å². The number of aliphatic carboxylic acids is 3. The van der Waals surface area contributed by atoms with Gasteiger partial charge in [0.1, 0.15) is 103 Å². The lowest BCUT2D eigenvalue weighted by Crippen LogP contribution is -2.61. The highest BCUT2D eigenvalue weighted by atomic mass is 16.4. The van der Waals surface area contributed by atoms with Gasteiger partial charge in [-0.3, -0.25) is 131 Å². The standard InChI is InChI=1S/C89H153N31O29/c1-13-43(8)69(119-83(144)56(34-41(4)5)115-78(139)50(20-16-30-100-88(96)97)110-72(133)46(11)106-81(142)58(37-63(95)124)117-84(145)59-22-18-32-120(59)65(126)39-103-75(136)51(23-26-60(92)121)111-74(135)48(91)35-67(129)130)86(147)113-53(25-28-66(127)128)76(137)105-45(10)71(132)109-49(19-14-15-29-90)77(138)116-57(36-62(94)123)80(141)104-44(9)70(131)102-38-64(125)108-55(33-40(2)3)82(143)112-52(24-27-61(93)122)79(140)118-68(42(6)7)85(146)107-47(12)73(134)114-54(87(148)149)21-17-31-101-89(98)99/h40-59,68-69H,13-39,90-91H2,1-12H3,(H2,92,121)(H2,93,122)(H2,94,123)(H2,95,124)(H,102,131)(H,103,136)(H,104,141)(H,105,137)(H,106,142)(H,107,146)(H,108,125)(H,109,132)(H,110,133)(H,111,135)(H,112,143)(H,113,147)(H,114,134)(H,115,139)(H,116,138)(H,117,145)(H,118,140)(H,119,144)(H,127,128)(H,129,130)(H,148,149)(H4,96,97,100)(H4,98,99,101)/t43-,44-,45-,46-,47-,48-,49-,50-,51-,52-,53-,54-,55-,56-,57-,58-,59-,68-,69-/m0/s1. The third-order valence-electron chi connectivity index (χ3n) is 23.0. The van der Waals surface area contributed by atoms with Crippen molar-refractivity contribution in [3.8, 4) is 0 Å². The number of guanidine groups is 2. The summed E-state index contributed by atoms with van der Waals surface area (Å²) in [7, 11) is 0. The molecule has 1 rings (SSSR count). The van der Waals surface area contributed by atoms with Gasteiger partial charge in [0.05, 0.1) is 38.4 Å². The number of carboxylic acid groups (broad SMARTS) is 3. The van der Waals surface area contributed by atoms with Crippen molar-refractivity contribution in [1.82, 2.24) is 111 Å². The van der Waals surface area contributed by atoms with Gasteiger partial charge in [0.25, 0.3) is 0 Å². The predicted octanol–water partition coefficient (Wildman–Crippen LogP) is -12.5. The number of rotatable bonds is 72. The van der Waals surface area contributed by atoms with Crippen molar-refractivity contribution in [2.75, 3.05) is 39.3 Å². The summed E-state index contributed by atoms with van der Waals surface area (Å²) in [4.78, 5) is 349. The molecule has 1 heterocycles. The number of nitrogens with zero attached hydrogens (tertiary/aromatic N) is 1. The number of carbonyl (C=O) groups is 26. The van der Waals surface area contributed by atoms with Gasteiger partial charge in [0, 0.05) is 38.9 Å². The van der Waals surface area contributed by atoms with Gasteiger partial charge in [-0.25, -0.2) is 4.79 Å². The molecule has 149 heavy (non-hydrogen) atoms. The first-order valence-corrected chi connectivity index (χ1v) is 48.7. The quantitative estimate of drug-likeness (QED) is 0.0153. The van der Waals surface area contributed by atoms with Gasteiger partial charge in [0.2, 0.25) is 136 Å². The van der Waals surface area contributed by atoms with Gasteiger partial charge >= 0.3 is 17.9 Å². The number of carboxylic acids is 3. The molecule has 0 bridgehead atoms. The van der Waals surface area contributed by atoms with Crippen LogP contribution in [0.25, 0.3) is 0 Å². The molecular weight excluding hydrogens is 1970 g/mol. The average Bonchev–Trinajstić information content (AvgIpc) is 1.74. The smallest absolute Gasteiger partial charge is 0.326 e. The molecule has 41 N–H and O–H groups in total. The highest BCUT2D eigenvalue weighted by Crippen LogP contribution is 2.20. The highest BCUT2D eigenvalue weighted by Gasteiger charge is 2.42. The van der Waals surface area contributed by atoms with E-state index in [1.165, 1.54) is 27.7 Å². The molecule has 0 radical (unpaired) electrons. The van der Waals surface area contributed by atoms with Crippen LogP contribution in [0.4, 0.5) is 0 Å². The molecular formula is C89H153N31O29. The Balaban J connectivity index is 3.47. The molecule has 838 valence electrons. The summed E-state index contributed by atoms with van der Waals surface area (Å²) in [5, 5.41) is 91.6. The Morgan fingerprint density at radius 3 is 1.14 bits per heavy atom. The second-order valence-corrected chi connectivity index (χ2v) is 37.2. The molecule has 0 aromatic carbocycles. The number of carbonyl (C=O) groups excluding carboxylic acids is 23. The third-order valence-corrected chi connectivity index (χ3v) is 23.0. The van der Waals surface area contributed by atoms with Crippen LogP contribution in [0.3, 0.4) is 0 Å². The predicted molar refractivity (Wildman–Crippen MR) is 528 cm³/mol. The number of hydrogen-bond donors (Lipinski definition) is 33. The lowest BCUT2D eigenvalue weighted by Gasteiger charge is -2.30. The summed E-state index contributed by atoms with van der Waals surface area (Å²) >= 11 is 0. The fraction of sp³-hybridized carbons (Fsp3) is 0.685. The van der Waals surface area contributed by atoms with Crippen LogP contribution in [0, 0.1) is 34.5 Å². The van der Waals surface area contributed by atoms with Gasteiger partial charge in [-0.15, -0.1) is 0 Å². The molecule has 23 amide bonds. The molecule has 0 aromatic heterocycles. The van der Waals surface area contributed by atoms with Crippen molar-refractivity contribution in [2.24, 2.45) is 69.5 Å². The minimum atomic E-state index is -1.88. The van der Waals surface area contributed by atoms with E-state index in [0.717, 1.165) is 25.7 Å². The number of hydrogen-bond acceptors (Lipinski definition) is 30. The van der Waals surface area contributed by atoms with Crippen molar-refractivity contribution in [1.29, 1.82) is 10.8 Å². The molecule has 19 atom stereocenters. The fourth-order valence-corrected chi connectivity index (χ4v) is 14.6. The van der Waals surface area contributed by atoms with E-state index in [1.54, 1.807) is 34.6 Å². The lowest BCUT2D eigenvalue weighted by molar-refractivity contribution is -0.142. The summed E-state index contributed by atoms with van der Waals surface area (Å²) in [6, 6.07) is -28.4. The van der Waals surface area contributed by atoms with E-state index in [-0.39, 0.29) is 115 Å². The van der Waals surface area contributed by atoms with Crippen LogP contribution in [0.1, 0.15) is 218 Å². The Morgan fingerprint density at radius 2 is 0.698 bits per heavy atom. The van der Waals surface area contributed by atoms with Crippen molar-refractivity contribution in [3.63, 3.8) is 0 Å². The zero-order chi connectivity index (χ0) is 114. The monoisotopic (exact) mass is 2120 g/mol. The Labute approximate surface area is 859 Å². The van der Waals surface area contributed by atoms with E-state index in [4.69, 9.17) is 61.8 Å². The van der Waals surface area contributed by atoms with Crippen LogP contribution < -0.4 is 152 Å². The molecule has 1 aliphatic rings. The van der Waals surface area contributed by atoms with Gasteiger partial charge < -0.3 is 172 Å². The maximum atomic E-state index is 14.7. The van der Waals surface area contributed by atoms with Crippen molar-refractivity contribution in [2.45, 2.75) is 327 Å². The van der Waals surface area contributed by atoms with Crippen LogP contribution in [-0.4, -0.2) is 334 Å². The minimum absolute atomic E-state index is 0.00749. The Hall–Kier alpha value is -15.3. The Morgan fingerprint density at radius 1 is 0.342 bits per heavy atom. The van der Waals surface area contributed by atoms with E-state index in [2.05, 4.69) is 106 Å². The number of primary amides is 4. The first-order chi connectivity index (χ1) is 69.5. The zero-order valence-electron chi connectivity index (χ0n) is 85.8. The second-order valence-electron chi connectivity index (χ2n) is 37.2. The number of nitrogens with one attached hydrogen (secondary N) is 22. The topological polar surface area (TPSA) is 1000 Å². The maximum Gasteiger partial charge on any atom is 0.326 e. The zero-order valence-corrected chi connectivity index (χ0v) is 85.8. The molecule has 0 aliphatic carbocycles. The Bertz CT molecular complexity index is 4720. The molecule has 0 aromatic rings. The molecule has 60 heteroatoms. The van der Waals surface area contributed by atoms with E-state index >= 15 is 0 Å². The summed E-state index contributed by atoms with van der Waals surface area (Å²) in [6.07, 6.45) is -5.75.